The smallest absolute Gasteiger partial charge is 0.212 e. The number of aromatic nitrogens is 1. The van der Waals surface area contributed by atoms with Gasteiger partial charge in [0.25, 0.3) is 0 Å². The van der Waals surface area contributed by atoms with Crippen LogP contribution in [0.5, 0.6) is 5.88 Å². The standard InChI is InChI=1S/C11H16N2O/c1-14-11-5-4-9(7-13-11)10(12)6-8-2-3-8/h4-5,7-8,10H,2-3,6,12H2,1H3. The molecule has 0 radical (unpaired) electrons. The van der Waals surface area contributed by atoms with Crippen molar-refractivity contribution in [2.45, 2.75) is 25.3 Å². The molecule has 0 saturated heterocycles. The lowest BCUT2D eigenvalue weighted by atomic mass is 10.0. The average molecular weight is 192 g/mol. The van der Waals surface area contributed by atoms with Gasteiger partial charge in [-0.2, -0.15) is 0 Å². The molecule has 1 aliphatic carbocycles. The molecule has 2 N–H and O–H groups in total. The SMILES string of the molecule is COc1ccc(C(N)CC2CC2)cn1. The van der Waals surface area contributed by atoms with Gasteiger partial charge < -0.3 is 10.5 Å². The first-order valence-electron chi connectivity index (χ1n) is 5.05. The Morgan fingerprint density at radius 2 is 2.36 bits per heavy atom. The molecule has 1 fully saturated rings. The number of nitrogens with zero attached hydrogens (tertiary/aromatic N) is 1. The van der Waals surface area contributed by atoms with Gasteiger partial charge in [-0.25, -0.2) is 4.98 Å². The summed E-state index contributed by atoms with van der Waals surface area (Å²) in [5, 5.41) is 0. The van der Waals surface area contributed by atoms with Crippen molar-refractivity contribution in [3.05, 3.63) is 23.9 Å². The van der Waals surface area contributed by atoms with Crippen molar-refractivity contribution in [1.82, 2.24) is 4.98 Å². The molecule has 3 heteroatoms. The molecule has 76 valence electrons. The number of methoxy groups -OCH3 is 1. The molecule has 1 heterocycles. The fourth-order valence-electron chi connectivity index (χ4n) is 1.58. The minimum atomic E-state index is 0.140. The van der Waals surface area contributed by atoms with Gasteiger partial charge in [-0.05, 0) is 17.9 Å². The van der Waals surface area contributed by atoms with Crippen LogP contribution in [-0.2, 0) is 0 Å². The van der Waals surface area contributed by atoms with E-state index in [2.05, 4.69) is 4.98 Å². The summed E-state index contributed by atoms with van der Waals surface area (Å²) in [7, 11) is 1.62. The maximum absolute atomic E-state index is 6.05. The normalized spacial score (nSPS) is 17.9. The van der Waals surface area contributed by atoms with E-state index in [4.69, 9.17) is 10.5 Å². The van der Waals surface area contributed by atoms with Crippen LogP contribution in [0, 0.1) is 5.92 Å². The number of nitrogens with two attached hydrogens (primary N) is 1. The van der Waals surface area contributed by atoms with E-state index in [1.165, 1.54) is 12.8 Å². The highest BCUT2D eigenvalue weighted by Gasteiger charge is 2.24. The van der Waals surface area contributed by atoms with Gasteiger partial charge >= 0.3 is 0 Å². The van der Waals surface area contributed by atoms with Gasteiger partial charge in [-0.1, -0.05) is 18.9 Å². The van der Waals surface area contributed by atoms with E-state index in [0.29, 0.717) is 5.88 Å². The Morgan fingerprint density at radius 1 is 1.57 bits per heavy atom. The van der Waals surface area contributed by atoms with E-state index in [1.54, 1.807) is 7.11 Å². The van der Waals surface area contributed by atoms with Crippen LogP contribution in [-0.4, -0.2) is 12.1 Å². The molecule has 0 bridgehead atoms. The summed E-state index contributed by atoms with van der Waals surface area (Å²) in [6.45, 7) is 0. The summed E-state index contributed by atoms with van der Waals surface area (Å²) in [5.41, 5.74) is 7.16. The van der Waals surface area contributed by atoms with Crippen LogP contribution in [0.25, 0.3) is 0 Å². The van der Waals surface area contributed by atoms with Gasteiger partial charge in [0.1, 0.15) is 0 Å². The van der Waals surface area contributed by atoms with E-state index < -0.39 is 0 Å². The van der Waals surface area contributed by atoms with Crippen molar-refractivity contribution in [2.24, 2.45) is 11.7 Å². The van der Waals surface area contributed by atoms with Crippen LogP contribution in [0.3, 0.4) is 0 Å². The molecule has 0 spiro atoms. The van der Waals surface area contributed by atoms with Gasteiger partial charge in [0.15, 0.2) is 0 Å². The Balaban J connectivity index is 1.99. The van der Waals surface area contributed by atoms with E-state index in [9.17, 15) is 0 Å². The first-order chi connectivity index (χ1) is 6.79. The number of ether oxygens (including phenoxy) is 1. The highest BCUT2D eigenvalue weighted by atomic mass is 16.5. The van der Waals surface area contributed by atoms with Gasteiger partial charge in [0, 0.05) is 18.3 Å². The number of rotatable bonds is 4. The van der Waals surface area contributed by atoms with Crippen molar-refractivity contribution in [2.75, 3.05) is 7.11 Å². The molecule has 1 aromatic heterocycles. The lowest BCUT2D eigenvalue weighted by Crippen LogP contribution is -2.11. The largest absolute Gasteiger partial charge is 0.481 e. The first-order valence-corrected chi connectivity index (χ1v) is 5.05. The van der Waals surface area contributed by atoms with E-state index in [-0.39, 0.29) is 6.04 Å². The summed E-state index contributed by atoms with van der Waals surface area (Å²) < 4.78 is 4.99. The van der Waals surface area contributed by atoms with Crippen LogP contribution in [0.4, 0.5) is 0 Å². The molecule has 1 atom stereocenters. The van der Waals surface area contributed by atoms with Gasteiger partial charge in [-0.15, -0.1) is 0 Å². The third-order valence-corrected chi connectivity index (χ3v) is 2.68. The van der Waals surface area contributed by atoms with Crippen LogP contribution in [0.15, 0.2) is 18.3 Å². The highest BCUT2D eigenvalue weighted by molar-refractivity contribution is 5.20. The van der Waals surface area contributed by atoms with Crippen molar-refractivity contribution in [3.8, 4) is 5.88 Å². The highest BCUT2D eigenvalue weighted by Crippen LogP contribution is 2.36. The number of hydrogen-bond donors (Lipinski definition) is 1. The Hall–Kier alpha value is -1.09. The van der Waals surface area contributed by atoms with Crippen LogP contribution in [0.2, 0.25) is 0 Å². The Kier molecular flexibility index (Phi) is 2.68. The molecule has 1 aliphatic rings. The Morgan fingerprint density at radius 3 is 2.86 bits per heavy atom. The second-order valence-corrected chi connectivity index (χ2v) is 3.92. The monoisotopic (exact) mass is 192 g/mol. The molecule has 14 heavy (non-hydrogen) atoms. The zero-order valence-corrected chi connectivity index (χ0v) is 8.44. The fourth-order valence-corrected chi connectivity index (χ4v) is 1.58. The number of pyridine rings is 1. The maximum Gasteiger partial charge on any atom is 0.212 e. The Bertz CT molecular complexity index is 293. The zero-order valence-electron chi connectivity index (χ0n) is 8.44. The molecule has 3 nitrogen and oxygen atoms in total. The van der Waals surface area contributed by atoms with Gasteiger partial charge in [-0.3, -0.25) is 0 Å². The summed E-state index contributed by atoms with van der Waals surface area (Å²) in [5.74, 6) is 1.50. The second-order valence-electron chi connectivity index (χ2n) is 3.92. The van der Waals surface area contributed by atoms with Gasteiger partial charge in [0.2, 0.25) is 5.88 Å². The predicted octanol–water partition coefficient (Wildman–Crippen LogP) is 1.89. The minimum absolute atomic E-state index is 0.140. The summed E-state index contributed by atoms with van der Waals surface area (Å²) in [6.07, 6.45) is 5.59. The van der Waals surface area contributed by atoms with Gasteiger partial charge in [0.05, 0.1) is 7.11 Å². The summed E-state index contributed by atoms with van der Waals surface area (Å²) in [4.78, 5) is 4.14. The Labute approximate surface area is 84.3 Å². The van der Waals surface area contributed by atoms with Crippen molar-refractivity contribution in [1.29, 1.82) is 0 Å². The minimum Gasteiger partial charge on any atom is -0.481 e. The van der Waals surface area contributed by atoms with Crippen molar-refractivity contribution in [3.63, 3.8) is 0 Å². The predicted molar refractivity (Wildman–Crippen MR) is 55.1 cm³/mol. The molecule has 1 saturated carbocycles. The molecule has 0 aliphatic heterocycles. The molecule has 0 aromatic carbocycles. The summed E-state index contributed by atoms with van der Waals surface area (Å²) >= 11 is 0. The average Bonchev–Trinajstić information content (AvgIpc) is 3.02. The van der Waals surface area contributed by atoms with E-state index in [1.807, 2.05) is 18.3 Å². The van der Waals surface area contributed by atoms with Crippen LogP contribution >= 0.6 is 0 Å². The maximum atomic E-state index is 6.05. The van der Waals surface area contributed by atoms with Crippen molar-refractivity contribution < 1.29 is 4.74 Å². The molecule has 1 aromatic rings. The van der Waals surface area contributed by atoms with E-state index >= 15 is 0 Å². The lowest BCUT2D eigenvalue weighted by Gasteiger charge is -2.10. The third-order valence-electron chi connectivity index (χ3n) is 2.68. The van der Waals surface area contributed by atoms with Crippen LogP contribution < -0.4 is 10.5 Å². The second kappa shape index (κ2) is 3.96. The van der Waals surface area contributed by atoms with E-state index in [0.717, 1.165) is 17.9 Å². The number of hydrogen-bond acceptors (Lipinski definition) is 3. The quantitative estimate of drug-likeness (QED) is 0.792. The fraction of sp³-hybridized carbons (Fsp3) is 0.545. The molecule has 1 unspecified atom stereocenters. The molecule has 2 rings (SSSR count). The molecular weight excluding hydrogens is 176 g/mol. The van der Waals surface area contributed by atoms with Crippen LogP contribution in [0.1, 0.15) is 30.9 Å². The zero-order chi connectivity index (χ0) is 9.97. The van der Waals surface area contributed by atoms with Crippen molar-refractivity contribution >= 4 is 0 Å². The molecule has 0 amide bonds. The first kappa shape index (κ1) is 9.46. The third kappa shape index (κ3) is 2.23. The summed E-state index contributed by atoms with van der Waals surface area (Å²) in [6, 6.07) is 4.00. The molecular formula is C11H16N2O. The lowest BCUT2D eigenvalue weighted by molar-refractivity contribution is 0.397. The topological polar surface area (TPSA) is 48.1 Å².